The Morgan fingerprint density at radius 1 is 1.29 bits per heavy atom. The van der Waals surface area contributed by atoms with E-state index in [9.17, 15) is 4.79 Å². The maximum absolute atomic E-state index is 11.5. The molecule has 1 aliphatic rings. The van der Waals surface area contributed by atoms with Crippen molar-refractivity contribution >= 4 is 5.97 Å². The zero-order chi connectivity index (χ0) is 12.7. The fourth-order valence-corrected chi connectivity index (χ4v) is 2.66. The first-order valence-electron chi connectivity index (χ1n) is 6.09. The Kier molecular flexibility index (Phi) is 2.76. The van der Waals surface area contributed by atoms with Gasteiger partial charge in [-0.05, 0) is 36.0 Å². The standard InChI is InChI=1S/C15H20O2/c1-14(2,3)15(8-9-15)12-7-5-6-11(10-12)13(16)17-4/h5-7,10H,8-9H2,1-4H3. The van der Waals surface area contributed by atoms with Gasteiger partial charge in [-0.1, -0.05) is 32.9 Å². The Morgan fingerprint density at radius 2 is 1.94 bits per heavy atom. The highest BCUT2D eigenvalue weighted by Crippen LogP contribution is 2.59. The number of methoxy groups -OCH3 is 1. The third-order valence-corrected chi connectivity index (χ3v) is 4.02. The molecule has 1 aromatic carbocycles. The van der Waals surface area contributed by atoms with Crippen molar-refractivity contribution in [2.24, 2.45) is 5.41 Å². The van der Waals surface area contributed by atoms with Gasteiger partial charge in [-0.3, -0.25) is 0 Å². The fourth-order valence-electron chi connectivity index (χ4n) is 2.66. The average molecular weight is 232 g/mol. The van der Waals surface area contributed by atoms with Crippen molar-refractivity contribution in [1.29, 1.82) is 0 Å². The molecule has 0 amide bonds. The van der Waals surface area contributed by atoms with Gasteiger partial charge >= 0.3 is 5.97 Å². The highest BCUT2D eigenvalue weighted by molar-refractivity contribution is 5.89. The predicted octanol–water partition coefficient (Wildman–Crippen LogP) is 3.55. The molecule has 0 atom stereocenters. The number of ether oxygens (including phenoxy) is 1. The molecule has 0 heterocycles. The molecule has 0 radical (unpaired) electrons. The summed E-state index contributed by atoms with van der Waals surface area (Å²) < 4.78 is 4.77. The van der Waals surface area contributed by atoms with Gasteiger partial charge in [0.15, 0.2) is 0 Å². The number of carbonyl (C=O) groups is 1. The number of esters is 1. The topological polar surface area (TPSA) is 26.3 Å². The summed E-state index contributed by atoms with van der Waals surface area (Å²) in [5.74, 6) is -0.253. The maximum atomic E-state index is 11.5. The van der Waals surface area contributed by atoms with E-state index in [2.05, 4.69) is 26.8 Å². The Morgan fingerprint density at radius 3 is 2.41 bits per heavy atom. The Labute approximate surface area is 103 Å². The highest BCUT2D eigenvalue weighted by Gasteiger charge is 2.52. The Hall–Kier alpha value is -1.31. The molecule has 0 unspecified atom stereocenters. The van der Waals surface area contributed by atoms with Crippen LogP contribution in [0.25, 0.3) is 0 Å². The number of hydrogen-bond acceptors (Lipinski definition) is 2. The molecule has 2 nitrogen and oxygen atoms in total. The second-order valence-electron chi connectivity index (χ2n) is 5.90. The molecule has 0 saturated heterocycles. The summed E-state index contributed by atoms with van der Waals surface area (Å²) in [4.78, 5) is 11.5. The molecule has 0 N–H and O–H groups in total. The van der Waals surface area contributed by atoms with Crippen molar-refractivity contribution in [2.45, 2.75) is 39.0 Å². The van der Waals surface area contributed by atoms with Crippen molar-refractivity contribution in [3.05, 3.63) is 35.4 Å². The van der Waals surface area contributed by atoms with Crippen LogP contribution in [0.2, 0.25) is 0 Å². The molecule has 1 aromatic rings. The minimum absolute atomic E-state index is 0.238. The summed E-state index contributed by atoms with van der Waals surface area (Å²) in [6, 6.07) is 7.89. The van der Waals surface area contributed by atoms with Gasteiger partial charge in [-0.15, -0.1) is 0 Å². The van der Waals surface area contributed by atoms with E-state index in [1.54, 1.807) is 0 Å². The molecule has 1 fully saturated rings. The molecule has 0 bridgehead atoms. The van der Waals surface area contributed by atoms with Crippen molar-refractivity contribution in [3.63, 3.8) is 0 Å². The van der Waals surface area contributed by atoms with Gasteiger partial charge in [0, 0.05) is 5.41 Å². The van der Waals surface area contributed by atoms with E-state index < -0.39 is 0 Å². The van der Waals surface area contributed by atoms with E-state index in [1.807, 2.05) is 18.2 Å². The summed E-state index contributed by atoms with van der Waals surface area (Å²) in [7, 11) is 1.42. The molecule has 0 aliphatic heterocycles. The molecule has 17 heavy (non-hydrogen) atoms. The van der Waals surface area contributed by atoms with Crippen LogP contribution in [-0.4, -0.2) is 13.1 Å². The molecule has 92 valence electrons. The van der Waals surface area contributed by atoms with Crippen LogP contribution in [0.5, 0.6) is 0 Å². The number of rotatable bonds is 2. The predicted molar refractivity (Wildman–Crippen MR) is 68.1 cm³/mol. The maximum Gasteiger partial charge on any atom is 0.337 e. The second-order valence-corrected chi connectivity index (χ2v) is 5.90. The van der Waals surface area contributed by atoms with Gasteiger partial charge in [0.2, 0.25) is 0 Å². The fraction of sp³-hybridized carbons (Fsp3) is 0.533. The molecule has 0 aromatic heterocycles. The van der Waals surface area contributed by atoms with Crippen LogP contribution < -0.4 is 0 Å². The summed E-state index contributed by atoms with van der Waals surface area (Å²) >= 11 is 0. The molecule has 1 aliphatic carbocycles. The van der Waals surface area contributed by atoms with Crippen molar-refractivity contribution in [1.82, 2.24) is 0 Å². The van der Waals surface area contributed by atoms with Gasteiger partial charge in [0.25, 0.3) is 0 Å². The van der Waals surface area contributed by atoms with Crippen LogP contribution in [0.15, 0.2) is 24.3 Å². The lowest BCUT2D eigenvalue weighted by atomic mass is 9.73. The van der Waals surface area contributed by atoms with Gasteiger partial charge in [0.1, 0.15) is 0 Å². The first kappa shape index (κ1) is 12.2. The normalized spacial score (nSPS) is 17.6. The van der Waals surface area contributed by atoms with E-state index in [0.717, 1.165) is 0 Å². The number of hydrogen-bond donors (Lipinski definition) is 0. The van der Waals surface area contributed by atoms with Crippen LogP contribution in [0, 0.1) is 5.41 Å². The first-order chi connectivity index (χ1) is 7.90. The SMILES string of the molecule is COC(=O)c1cccc(C2(C(C)(C)C)CC2)c1. The summed E-state index contributed by atoms with van der Waals surface area (Å²) in [5, 5.41) is 0. The quantitative estimate of drug-likeness (QED) is 0.729. The zero-order valence-electron chi connectivity index (χ0n) is 11.0. The van der Waals surface area contributed by atoms with Gasteiger partial charge in [-0.25, -0.2) is 4.79 Å². The van der Waals surface area contributed by atoms with Crippen LogP contribution in [-0.2, 0) is 10.2 Å². The van der Waals surface area contributed by atoms with Crippen molar-refractivity contribution in [3.8, 4) is 0 Å². The molecule has 0 spiro atoms. The average Bonchev–Trinajstić information content (AvgIpc) is 3.08. The zero-order valence-corrected chi connectivity index (χ0v) is 11.0. The number of carbonyl (C=O) groups excluding carboxylic acids is 1. The van der Waals surface area contributed by atoms with Gasteiger partial charge in [0.05, 0.1) is 12.7 Å². The van der Waals surface area contributed by atoms with Gasteiger partial charge in [-0.2, -0.15) is 0 Å². The van der Waals surface area contributed by atoms with Gasteiger partial charge < -0.3 is 4.74 Å². The first-order valence-corrected chi connectivity index (χ1v) is 6.09. The Bertz CT molecular complexity index is 436. The van der Waals surface area contributed by atoms with E-state index in [0.29, 0.717) is 5.56 Å². The third kappa shape index (κ3) is 1.97. The van der Waals surface area contributed by atoms with Crippen LogP contribution >= 0.6 is 0 Å². The monoisotopic (exact) mass is 232 g/mol. The lowest BCUT2D eigenvalue weighted by Crippen LogP contribution is -2.26. The van der Waals surface area contributed by atoms with Crippen molar-refractivity contribution in [2.75, 3.05) is 7.11 Å². The largest absolute Gasteiger partial charge is 0.465 e. The molecule has 1 saturated carbocycles. The number of benzene rings is 1. The lowest BCUT2D eigenvalue weighted by Gasteiger charge is -2.31. The molecular weight excluding hydrogens is 212 g/mol. The molecule has 2 rings (SSSR count). The van der Waals surface area contributed by atoms with E-state index >= 15 is 0 Å². The van der Waals surface area contributed by atoms with E-state index in [4.69, 9.17) is 4.74 Å². The molecule has 2 heteroatoms. The highest BCUT2D eigenvalue weighted by atomic mass is 16.5. The minimum atomic E-state index is -0.253. The van der Waals surface area contributed by atoms with Crippen LogP contribution in [0.1, 0.15) is 49.5 Å². The summed E-state index contributed by atoms with van der Waals surface area (Å²) in [6.45, 7) is 6.81. The smallest absolute Gasteiger partial charge is 0.337 e. The molecular formula is C15H20O2. The van der Waals surface area contributed by atoms with E-state index in [-0.39, 0.29) is 16.8 Å². The van der Waals surface area contributed by atoms with Crippen LogP contribution in [0.3, 0.4) is 0 Å². The van der Waals surface area contributed by atoms with Crippen LogP contribution in [0.4, 0.5) is 0 Å². The summed E-state index contributed by atoms with van der Waals surface area (Å²) in [6.07, 6.45) is 2.42. The third-order valence-electron chi connectivity index (χ3n) is 4.02. The Balaban J connectivity index is 2.38. The van der Waals surface area contributed by atoms with Crippen molar-refractivity contribution < 1.29 is 9.53 Å². The van der Waals surface area contributed by atoms with E-state index in [1.165, 1.54) is 25.5 Å². The summed E-state index contributed by atoms with van der Waals surface area (Å²) in [5.41, 5.74) is 2.41. The minimum Gasteiger partial charge on any atom is -0.465 e. The lowest BCUT2D eigenvalue weighted by molar-refractivity contribution is 0.0600. The second kappa shape index (κ2) is 3.86.